The second-order valence-electron chi connectivity index (χ2n) is 3.40. The maximum Gasteiger partial charge on any atom is 0.573 e. The molecule has 2 rings (SSSR count). The highest BCUT2D eigenvalue weighted by Crippen LogP contribution is 2.33. The molecule has 0 aliphatic heterocycles. The smallest absolute Gasteiger partial charge is 0.488 e. The molecule has 0 N–H and O–H groups in total. The van der Waals surface area contributed by atoms with Gasteiger partial charge in [-0.05, 0) is 34.1 Å². The number of thiazole rings is 1. The molecule has 0 amide bonds. The average molecular weight is 354 g/mol. The summed E-state index contributed by atoms with van der Waals surface area (Å²) in [5, 5.41) is 0. The second-order valence-corrected chi connectivity index (χ2v) is 5.22. The van der Waals surface area contributed by atoms with E-state index in [0.29, 0.717) is 12.4 Å². The van der Waals surface area contributed by atoms with Crippen LogP contribution in [0.25, 0.3) is 0 Å². The molecule has 0 atom stereocenters. The van der Waals surface area contributed by atoms with Crippen LogP contribution in [-0.4, -0.2) is 11.3 Å². The molecule has 0 saturated carbocycles. The molecule has 3 nitrogen and oxygen atoms in total. The largest absolute Gasteiger partial charge is 0.573 e. The highest BCUT2D eigenvalue weighted by atomic mass is 79.9. The lowest BCUT2D eigenvalue weighted by molar-refractivity contribution is -0.274. The van der Waals surface area contributed by atoms with Crippen LogP contribution in [0.15, 0.2) is 34.4 Å². The van der Waals surface area contributed by atoms with Gasteiger partial charge < -0.3 is 9.47 Å². The standard InChI is InChI=1S/C11H7BrF3NO2S/c12-9-3-7(17-5-8-4-16-6-19-8)1-2-10(9)18-11(13,14)15/h1-4,6H,5H2. The van der Waals surface area contributed by atoms with Crippen molar-refractivity contribution < 1.29 is 22.6 Å². The van der Waals surface area contributed by atoms with E-state index in [1.165, 1.54) is 29.5 Å². The van der Waals surface area contributed by atoms with Gasteiger partial charge in [-0.3, -0.25) is 4.98 Å². The molecule has 8 heteroatoms. The quantitative estimate of drug-likeness (QED) is 0.817. The minimum absolute atomic E-state index is 0.173. The Labute approximate surface area is 119 Å². The Morgan fingerprint density at radius 2 is 2.11 bits per heavy atom. The predicted octanol–water partition coefficient (Wildman–Crippen LogP) is 4.38. The van der Waals surface area contributed by atoms with E-state index in [-0.39, 0.29) is 10.2 Å². The van der Waals surface area contributed by atoms with Crippen LogP contribution >= 0.6 is 27.3 Å². The van der Waals surface area contributed by atoms with E-state index >= 15 is 0 Å². The summed E-state index contributed by atoms with van der Waals surface area (Å²) in [6.07, 6.45) is -3.05. The fourth-order valence-corrected chi connectivity index (χ4v) is 2.19. The van der Waals surface area contributed by atoms with Gasteiger partial charge in [-0.15, -0.1) is 24.5 Å². The molecule has 0 radical (unpaired) electrons. The number of halogens is 4. The lowest BCUT2D eigenvalue weighted by Crippen LogP contribution is -2.17. The van der Waals surface area contributed by atoms with Crippen molar-refractivity contribution in [3.63, 3.8) is 0 Å². The SMILES string of the molecule is FC(F)(F)Oc1ccc(OCc2cncs2)cc1Br. The van der Waals surface area contributed by atoms with Crippen LogP contribution < -0.4 is 9.47 Å². The van der Waals surface area contributed by atoms with E-state index in [1.54, 1.807) is 11.7 Å². The molecule has 0 bridgehead atoms. The predicted molar refractivity (Wildman–Crippen MR) is 67.3 cm³/mol. The Morgan fingerprint density at radius 3 is 2.68 bits per heavy atom. The first kappa shape index (κ1) is 14.1. The van der Waals surface area contributed by atoms with Crippen molar-refractivity contribution in [1.82, 2.24) is 4.98 Å². The number of nitrogens with zero attached hydrogens (tertiary/aromatic N) is 1. The molecule has 0 saturated heterocycles. The summed E-state index contributed by atoms with van der Waals surface area (Å²) in [6.45, 7) is 0.316. The first-order valence-corrected chi connectivity index (χ1v) is 6.67. The van der Waals surface area contributed by atoms with Gasteiger partial charge in [0.25, 0.3) is 0 Å². The van der Waals surface area contributed by atoms with Gasteiger partial charge in [-0.1, -0.05) is 0 Å². The van der Waals surface area contributed by atoms with Gasteiger partial charge in [-0.2, -0.15) is 0 Å². The number of benzene rings is 1. The van der Waals surface area contributed by atoms with E-state index in [4.69, 9.17) is 4.74 Å². The number of ether oxygens (including phenoxy) is 2. The van der Waals surface area contributed by atoms with E-state index in [0.717, 1.165) is 4.88 Å². The summed E-state index contributed by atoms with van der Waals surface area (Å²) in [5.74, 6) is 0.132. The molecular weight excluding hydrogens is 347 g/mol. The number of alkyl halides is 3. The zero-order valence-corrected chi connectivity index (χ0v) is 11.7. The minimum Gasteiger partial charge on any atom is -0.488 e. The maximum atomic E-state index is 12.1. The van der Waals surface area contributed by atoms with Gasteiger partial charge in [0.15, 0.2) is 0 Å². The second kappa shape index (κ2) is 5.79. The lowest BCUT2D eigenvalue weighted by Gasteiger charge is -2.11. The average Bonchev–Trinajstić information content (AvgIpc) is 2.81. The van der Waals surface area contributed by atoms with E-state index in [9.17, 15) is 13.2 Å². The number of rotatable bonds is 4. The van der Waals surface area contributed by atoms with Crippen LogP contribution in [0.2, 0.25) is 0 Å². The molecule has 2 aromatic rings. The van der Waals surface area contributed by atoms with Crippen molar-refractivity contribution in [2.75, 3.05) is 0 Å². The first-order valence-electron chi connectivity index (χ1n) is 4.99. The van der Waals surface area contributed by atoms with Crippen LogP contribution in [0.5, 0.6) is 11.5 Å². The summed E-state index contributed by atoms with van der Waals surface area (Å²) in [6, 6.07) is 4.02. The molecule has 1 aromatic carbocycles. The van der Waals surface area contributed by atoms with Gasteiger partial charge in [0.05, 0.1) is 14.9 Å². The van der Waals surface area contributed by atoms with Crippen molar-refractivity contribution in [3.05, 3.63) is 39.3 Å². The summed E-state index contributed by atoms with van der Waals surface area (Å²) in [7, 11) is 0. The zero-order chi connectivity index (χ0) is 13.9. The molecule has 0 fully saturated rings. The van der Waals surface area contributed by atoms with Gasteiger partial charge >= 0.3 is 6.36 Å². The van der Waals surface area contributed by atoms with Crippen LogP contribution in [0.1, 0.15) is 4.88 Å². The van der Waals surface area contributed by atoms with Crippen molar-refractivity contribution in [2.45, 2.75) is 13.0 Å². The molecule has 19 heavy (non-hydrogen) atoms. The van der Waals surface area contributed by atoms with Crippen molar-refractivity contribution >= 4 is 27.3 Å². The van der Waals surface area contributed by atoms with Gasteiger partial charge in [-0.25, -0.2) is 0 Å². The topological polar surface area (TPSA) is 31.4 Å². The van der Waals surface area contributed by atoms with Crippen molar-refractivity contribution in [2.24, 2.45) is 0 Å². The van der Waals surface area contributed by atoms with E-state index in [1.807, 2.05) is 0 Å². The zero-order valence-electron chi connectivity index (χ0n) is 9.28. The normalized spacial score (nSPS) is 11.4. The van der Waals surface area contributed by atoms with Crippen LogP contribution in [0.3, 0.4) is 0 Å². The summed E-state index contributed by atoms with van der Waals surface area (Å²) >= 11 is 4.44. The van der Waals surface area contributed by atoms with Crippen LogP contribution in [0.4, 0.5) is 13.2 Å². The Morgan fingerprint density at radius 1 is 1.32 bits per heavy atom. The molecule has 0 aliphatic rings. The van der Waals surface area contributed by atoms with Crippen LogP contribution in [0, 0.1) is 0 Å². The monoisotopic (exact) mass is 353 g/mol. The molecule has 0 unspecified atom stereocenters. The Kier molecular flexibility index (Phi) is 4.31. The molecule has 0 spiro atoms. The van der Waals surface area contributed by atoms with Gasteiger partial charge in [0, 0.05) is 6.20 Å². The molecule has 102 valence electrons. The number of aromatic nitrogens is 1. The molecule has 1 aromatic heterocycles. The van der Waals surface area contributed by atoms with Gasteiger partial charge in [0.2, 0.25) is 0 Å². The van der Waals surface area contributed by atoms with Crippen molar-refractivity contribution in [1.29, 1.82) is 0 Å². The summed E-state index contributed by atoms with van der Waals surface area (Å²) in [4.78, 5) is 4.81. The van der Waals surface area contributed by atoms with Crippen LogP contribution in [-0.2, 0) is 6.61 Å². The third kappa shape index (κ3) is 4.39. The maximum absolute atomic E-state index is 12.1. The number of hydrogen-bond acceptors (Lipinski definition) is 4. The van der Waals surface area contributed by atoms with E-state index in [2.05, 4.69) is 25.7 Å². The first-order chi connectivity index (χ1) is 8.94. The highest BCUT2D eigenvalue weighted by molar-refractivity contribution is 9.10. The third-order valence-electron chi connectivity index (χ3n) is 1.99. The fraction of sp³-hybridized carbons (Fsp3) is 0.182. The van der Waals surface area contributed by atoms with Gasteiger partial charge in [0.1, 0.15) is 18.1 Å². The third-order valence-corrected chi connectivity index (χ3v) is 3.37. The van der Waals surface area contributed by atoms with E-state index < -0.39 is 6.36 Å². The Bertz CT molecular complexity index is 545. The Hall–Kier alpha value is -1.28. The summed E-state index contributed by atoms with van der Waals surface area (Å²) < 4.78 is 45.6. The lowest BCUT2D eigenvalue weighted by atomic mass is 10.3. The fourth-order valence-electron chi connectivity index (χ4n) is 1.25. The highest BCUT2D eigenvalue weighted by Gasteiger charge is 2.31. The molecular formula is C11H7BrF3NO2S. The number of hydrogen-bond donors (Lipinski definition) is 0. The minimum atomic E-state index is -4.71. The Balaban J connectivity index is 2.02. The van der Waals surface area contributed by atoms with Crippen molar-refractivity contribution in [3.8, 4) is 11.5 Å². The molecule has 0 aliphatic carbocycles. The molecule has 1 heterocycles. The summed E-state index contributed by atoms with van der Waals surface area (Å²) in [5.41, 5.74) is 1.68.